The molecule has 0 bridgehead atoms. The topological polar surface area (TPSA) is 74.6 Å². The summed E-state index contributed by atoms with van der Waals surface area (Å²) < 4.78 is 0. The summed E-state index contributed by atoms with van der Waals surface area (Å²) in [5, 5.41) is 18.0. The quantitative estimate of drug-likeness (QED) is 0.262. The minimum absolute atomic E-state index is 0.364. The molecule has 0 radical (unpaired) electrons. The van der Waals surface area contributed by atoms with Crippen molar-refractivity contribution in [1.29, 1.82) is 0 Å². The van der Waals surface area contributed by atoms with Crippen LogP contribution in [0.25, 0.3) is 0 Å². The van der Waals surface area contributed by atoms with Gasteiger partial charge >= 0.3 is 11.9 Å². The molecule has 8 rings (SSSR count). The largest absolute Gasteiger partial charge is 0.481 e. The van der Waals surface area contributed by atoms with Gasteiger partial charge in [-0.25, -0.2) is 0 Å². The van der Waals surface area contributed by atoms with Crippen LogP contribution in [0.2, 0.25) is 0 Å². The van der Waals surface area contributed by atoms with Crippen LogP contribution in [-0.4, -0.2) is 22.2 Å². The van der Waals surface area contributed by atoms with Crippen LogP contribution in [-0.2, 0) is 9.59 Å². The van der Waals surface area contributed by atoms with Crippen LogP contribution in [0, 0.1) is 80.8 Å². The third-order valence-electron chi connectivity index (χ3n) is 19.4. The van der Waals surface area contributed by atoms with E-state index in [9.17, 15) is 9.59 Å². The number of hydrogen-bond donors (Lipinski definition) is 2. The molecule has 0 aromatic heterocycles. The third-order valence-corrected chi connectivity index (χ3v) is 19.4. The Kier molecular flexibility index (Phi) is 12.9. The maximum atomic E-state index is 10.9. The van der Waals surface area contributed by atoms with Gasteiger partial charge in [-0.1, -0.05) is 67.2 Å². The van der Waals surface area contributed by atoms with E-state index in [1.165, 1.54) is 128 Å². The molecular weight excluding hydrogens is 641 g/mol. The summed E-state index contributed by atoms with van der Waals surface area (Å²) in [5.41, 5.74) is 2.31. The zero-order valence-corrected chi connectivity index (χ0v) is 34.9. The third kappa shape index (κ3) is 7.44. The maximum absolute atomic E-state index is 10.9. The molecule has 0 aliphatic heterocycles. The molecular formula is C48H82O4. The van der Waals surface area contributed by atoms with Gasteiger partial charge in [0.15, 0.2) is 0 Å². The second-order valence-corrected chi connectivity index (χ2v) is 21.0. The summed E-state index contributed by atoms with van der Waals surface area (Å²) in [6.45, 7) is 14.5. The van der Waals surface area contributed by atoms with Gasteiger partial charge in [-0.15, -0.1) is 0 Å². The van der Waals surface area contributed by atoms with E-state index in [2.05, 4.69) is 27.7 Å². The molecule has 8 aliphatic carbocycles. The second-order valence-electron chi connectivity index (χ2n) is 21.0. The van der Waals surface area contributed by atoms with Crippen molar-refractivity contribution in [3.05, 3.63) is 0 Å². The second kappa shape index (κ2) is 16.6. The number of carboxylic acids is 2. The Labute approximate surface area is 320 Å². The Morgan fingerprint density at radius 1 is 0.462 bits per heavy atom. The van der Waals surface area contributed by atoms with Gasteiger partial charge in [0.1, 0.15) is 0 Å². The number of carboxylic acid groups (broad SMARTS) is 2. The van der Waals surface area contributed by atoms with E-state index in [1.54, 1.807) is 0 Å². The minimum atomic E-state index is -0.619. The Morgan fingerprint density at radius 2 is 0.846 bits per heavy atom. The van der Waals surface area contributed by atoms with E-state index in [1.807, 2.05) is 13.8 Å². The Bertz CT molecular complexity index is 1120. The lowest BCUT2D eigenvalue weighted by atomic mass is 9.45. The molecule has 0 saturated heterocycles. The summed E-state index contributed by atoms with van der Waals surface area (Å²) in [6, 6.07) is 0. The molecule has 8 fully saturated rings. The van der Waals surface area contributed by atoms with Crippen molar-refractivity contribution in [2.45, 2.75) is 208 Å². The van der Waals surface area contributed by atoms with Crippen LogP contribution in [0.1, 0.15) is 208 Å². The average Bonchev–Trinajstić information content (AvgIpc) is 3.64. The molecule has 8 aliphatic rings. The average molecular weight is 723 g/mol. The number of fused-ring (bicyclic) bond motifs is 10. The minimum Gasteiger partial charge on any atom is -0.481 e. The molecule has 2 N–H and O–H groups in total. The fourth-order valence-corrected chi connectivity index (χ4v) is 16.8. The van der Waals surface area contributed by atoms with Gasteiger partial charge in [-0.3, -0.25) is 9.59 Å². The van der Waals surface area contributed by atoms with Crippen LogP contribution in [0.15, 0.2) is 0 Å². The van der Waals surface area contributed by atoms with Crippen molar-refractivity contribution in [2.75, 3.05) is 0 Å². The summed E-state index contributed by atoms with van der Waals surface area (Å²) in [6.07, 6.45) is 34.0. The van der Waals surface area contributed by atoms with E-state index >= 15 is 0 Å². The number of hydrogen-bond acceptors (Lipinski definition) is 2. The van der Waals surface area contributed by atoms with Crippen LogP contribution >= 0.6 is 0 Å². The van der Waals surface area contributed by atoms with E-state index in [-0.39, 0.29) is 0 Å². The van der Waals surface area contributed by atoms with Gasteiger partial charge in [0.05, 0.1) is 0 Å². The highest BCUT2D eigenvalue weighted by Gasteiger charge is 2.61. The molecule has 14 atom stereocenters. The monoisotopic (exact) mass is 723 g/mol. The first kappa shape index (κ1) is 40.6. The molecule has 0 aromatic carbocycles. The molecule has 0 aromatic rings. The van der Waals surface area contributed by atoms with Crippen LogP contribution in [0.5, 0.6) is 0 Å². The molecule has 0 amide bonds. The molecule has 0 spiro atoms. The van der Waals surface area contributed by atoms with E-state index in [4.69, 9.17) is 10.2 Å². The molecule has 0 heterocycles. The molecule has 52 heavy (non-hydrogen) atoms. The van der Waals surface area contributed by atoms with E-state index < -0.39 is 11.9 Å². The highest BCUT2D eigenvalue weighted by atomic mass is 16.4. The smallest absolute Gasteiger partial charge is 0.303 e. The lowest BCUT2D eigenvalue weighted by Gasteiger charge is -2.60. The number of carbonyl (C=O) groups is 2. The predicted molar refractivity (Wildman–Crippen MR) is 214 cm³/mol. The summed E-state index contributed by atoms with van der Waals surface area (Å²) in [7, 11) is 0. The van der Waals surface area contributed by atoms with Gasteiger partial charge in [0, 0.05) is 12.8 Å². The predicted octanol–water partition coefficient (Wildman–Crippen LogP) is 13.6. The first-order valence-corrected chi connectivity index (χ1v) is 23.3. The highest BCUT2D eigenvalue weighted by molar-refractivity contribution is 5.66. The Morgan fingerprint density at radius 3 is 1.23 bits per heavy atom. The Hall–Kier alpha value is -1.06. The van der Waals surface area contributed by atoms with E-state index in [0.717, 1.165) is 84.9 Å². The van der Waals surface area contributed by atoms with Gasteiger partial charge in [0.2, 0.25) is 0 Å². The fourth-order valence-electron chi connectivity index (χ4n) is 16.8. The summed E-state index contributed by atoms with van der Waals surface area (Å²) >= 11 is 0. The summed E-state index contributed by atoms with van der Waals surface area (Å²) in [4.78, 5) is 21.8. The van der Waals surface area contributed by atoms with Crippen molar-refractivity contribution in [1.82, 2.24) is 0 Å². The van der Waals surface area contributed by atoms with Crippen LogP contribution < -0.4 is 0 Å². The Balaban J connectivity index is 0.000000171. The molecule has 14 unspecified atom stereocenters. The van der Waals surface area contributed by atoms with Crippen molar-refractivity contribution in [3.8, 4) is 0 Å². The molecule has 298 valence electrons. The fraction of sp³-hybridized carbons (Fsp3) is 0.958. The number of aliphatic carboxylic acids is 2. The SMILES string of the molecule is CC.CC12CCCCC1CCC1C2CCC2(C)C(CCCC(=O)O)CCC12.CC12CCCCC1CCC1C2CCC2(C)C(CCCC(=O)O)CCC12. The van der Waals surface area contributed by atoms with E-state index in [0.29, 0.717) is 34.5 Å². The van der Waals surface area contributed by atoms with Crippen molar-refractivity contribution >= 4 is 11.9 Å². The number of rotatable bonds is 8. The maximum Gasteiger partial charge on any atom is 0.303 e. The van der Waals surface area contributed by atoms with Crippen molar-refractivity contribution in [3.63, 3.8) is 0 Å². The zero-order chi connectivity index (χ0) is 37.3. The first-order valence-electron chi connectivity index (χ1n) is 23.3. The van der Waals surface area contributed by atoms with Gasteiger partial charge < -0.3 is 10.2 Å². The molecule has 8 saturated carbocycles. The summed E-state index contributed by atoms with van der Waals surface area (Å²) in [5.74, 6) is 8.15. The lowest BCUT2D eigenvalue weighted by Crippen LogP contribution is -2.52. The molecule has 4 heteroatoms. The first-order chi connectivity index (χ1) is 24.9. The van der Waals surface area contributed by atoms with Crippen molar-refractivity contribution in [2.24, 2.45) is 80.8 Å². The lowest BCUT2D eigenvalue weighted by molar-refractivity contribution is -0.138. The zero-order valence-electron chi connectivity index (χ0n) is 34.9. The highest BCUT2D eigenvalue weighted by Crippen LogP contribution is 2.69. The van der Waals surface area contributed by atoms with Gasteiger partial charge in [0.25, 0.3) is 0 Å². The van der Waals surface area contributed by atoms with Gasteiger partial charge in [-0.05, 0) is 209 Å². The van der Waals surface area contributed by atoms with Gasteiger partial charge in [-0.2, -0.15) is 0 Å². The molecule has 4 nitrogen and oxygen atoms in total. The van der Waals surface area contributed by atoms with Crippen LogP contribution in [0.3, 0.4) is 0 Å². The normalized spacial score (nSPS) is 47.3. The standard InChI is InChI=1S/2C23H38O2.C2H6/c2*1-22-14-4-3-6-16(22)9-11-18-19-12-10-17(7-5-8-21(24)25)23(19,2)15-13-20(18)22;1-2/h2*16-20H,3-15H2,1-2H3,(H,24,25);1-2H3. The van der Waals surface area contributed by atoms with Crippen LogP contribution in [0.4, 0.5) is 0 Å². The van der Waals surface area contributed by atoms with Crippen molar-refractivity contribution < 1.29 is 19.8 Å².